The zero-order chi connectivity index (χ0) is 14.6. The first-order chi connectivity index (χ1) is 8.71. The van der Waals surface area contributed by atoms with Crippen molar-refractivity contribution in [2.75, 3.05) is 19.6 Å². The third-order valence-electron chi connectivity index (χ3n) is 3.50. The lowest BCUT2D eigenvalue weighted by Crippen LogP contribution is -2.46. The molecule has 0 spiro atoms. The maximum absolute atomic E-state index is 12.0. The summed E-state index contributed by atoms with van der Waals surface area (Å²) in [6, 6.07) is 0. The number of carbonyl (C=O) groups is 3. The van der Waals surface area contributed by atoms with Crippen LogP contribution in [-0.2, 0) is 14.4 Å². The minimum atomic E-state index is -0.439. The van der Waals surface area contributed by atoms with Gasteiger partial charge in [0.15, 0.2) is 5.78 Å². The monoisotopic (exact) mass is 268 g/mol. The molecule has 1 N–H and O–H groups in total. The molecule has 0 aliphatic carbocycles. The first-order valence-corrected chi connectivity index (χ1v) is 6.78. The number of likely N-dealkylation sites (tertiary alicyclic amines) is 1. The SMILES string of the molecule is CC(=O)N1CCC[C@@H](C(=O)NCC(=O)C(C)(C)C)C1. The molecule has 19 heavy (non-hydrogen) atoms. The summed E-state index contributed by atoms with van der Waals surface area (Å²) in [4.78, 5) is 36.7. The molecule has 0 aromatic carbocycles. The molecule has 1 aliphatic rings. The molecule has 1 heterocycles. The molecule has 108 valence electrons. The van der Waals surface area contributed by atoms with Gasteiger partial charge in [-0.1, -0.05) is 20.8 Å². The Morgan fingerprint density at radius 1 is 1.26 bits per heavy atom. The van der Waals surface area contributed by atoms with Crippen molar-refractivity contribution in [2.24, 2.45) is 11.3 Å². The molecule has 0 aromatic rings. The van der Waals surface area contributed by atoms with Gasteiger partial charge in [0.05, 0.1) is 12.5 Å². The maximum atomic E-state index is 12.0. The second kappa shape index (κ2) is 6.17. The highest BCUT2D eigenvalue weighted by Gasteiger charge is 2.28. The van der Waals surface area contributed by atoms with E-state index in [-0.39, 0.29) is 30.1 Å². The fraction of sp³-hybridized carbons (Fsp3) is 0.786. The molecule has 0 bridgehead atoms. The van der Waals surface area contributed by atoms with Crippen molar-refractivity contribution in [1.29, 1.82) is 0 Å². The average Bonchev–Trinajstić information content (AvgIpc) is 2.34. The lowest BCUT2D eigenvalue weighted by molar-refractivity contribution is -0.135. The molecule has 1 fully saturated rings. The van der Waals surface area contributed by atoms with Crippen LogP contribution in [0.25, 0.3) is 0 Å². The Morgan fingerprint density at radius 2 is 1.89 bits per heavy atom. The molecular weight excluding hydrogens is 244 g/mol. The van der Waals surface area contributed by atoms with Gasteiger partial charge >= 0.3 is 0 Å². The summed E-state index contributed by atoms with van der Waals surface area (Å²) >= 11 is 0. The van der Waals surface area contributed by atoms with Crippen LogP contribution in [0.3, 0.4) is 0 Å². The number of rotatable bonds is 3. The second-order valence-electron chi connectivity index (χ2n) is 6.20. The Morgan fingerprint density at radius 3 is 2.42 bits per heavy atom. The molecule has 1 saturated heterocycles. The molecule has 0 saturated carbocycles. The van der Waals surface area contributed by atoms with E-state index in [0.717, 1.165) is 19.4 Å². The van der Waals surface area contributed by atoms with E-state index in [1.165, 1.54) is 6.92 Å². The molecule has 0 radical (unpaired) electrons. The van der Waals surface area contributed by atoms with Crippen molar-refractivity contribution >= 4 is 17.6 Å². The number of hydrogen-bond donors (Lipinski definition) is 1. The highest BCUT2D eigenvalue weighted by molar-refractivity contribution is 5.90. The van der Waals surface area contributed by atoms with Gasteiger partial charge in [-0.3, -0.25) is 14.4 Å². The summed E-state index contributed by atoms with van der Waals surface area (Å²) in [6.45, 7) is 8.27. The second-order valence-corrected chi connectivity index (χ2v) is 6.20. The Kier molecular flexibility index (Phi) is 5.09. The number of nitrogens with one attached hydrogen (secondary N) is 1. The molecular formula is C14H24N2O3. The molecule has 2 amide bonds. The number of piperidine rings is 1. The van der Waals surface area contributed by atoms with Crippen LogP contribution in [0.2, 0.25) is 0 Å². The van der Waals surface area contributed by atoms with Crippen LogP contribution < -0.4 is 5.32 Å². The number of nitrogens with zero attached hydrogens (tertiary/aromatic N) is 1. The van der Waals surface area contributed by atoms with Gasteiger partial charge in [-0.05, 0) is 12.8 Å². The molecule has 5 heteroatoms. The van der Waals surface area contributed by atoms with Gasteiger partial charge in [0.25, 0.3) is 0 Å². The van der Waals surface area contributed by atoms with Crippen molar-refractivity contribution in [1.82, 2.24) is 10.2 Å². The Bertz CT molecular complexity index is 371. The van der Waals surface area contributed by atoms with Crippen LogP contribution >= 0.6 is 0 Å². The molecule has 1 aliphatic heterocycles. The third kappa shape index (κ3) is 4.65. The van der Waals surface area contributed by atoms with Gasteiger partial charge in [0.1, 0.15) is 0 Å². The van der Waals surface area contributed by atoms with Crippen LogP contribution in [0, 0.1) is 11.3 Å². The molecule has 0 unspecified atom stereocenters. The minimum Gasteiger partial charge on any atom is -0.349 e. The summed E-state index contributed by atoms with van der Waals surface area (Å²) in [6.07, 6.45) is 1.62. The van der Waals surface area contributed by atoms with Crippen LogP contribution in [0.4, 0.5) is 0 Å². The van der Waals surface area contributed by atoms with Crippen molar-refractivity contribution < 1.29 is 14.4 Å². The van der Waals surface area contributed by atoms with E-state index in [1.807, 2.05) is 20.8 Å². The maximum Gasteiger partial charge on any atom is 0.225 e. The van der Waals surface area contributed by atoms with Crippen LogP contribution in [0.1, 0.15) is 40.5 Å². The lowest BCUT2D eigenvalue weighted by Gasteiger charge is -2.31. The lowest BCUT2D eigenvalue weighted by atomic mass is 9.90. The topological polar surface area (TPSA) is 66.5 Å². The van der Waals surface area contributed by atoms with Crippen molar-refractivity contribution in [3.8, 4) is 0 Å². The Hall–Kier alpha value is -1.39. The summed E-state index contributed by atoms with van der Waals surface area (Å²) in [5.41, 5.74) is -0.439. The van der Waals surface area contributed by atoms with Gasteiger partial charge in [0, 0.05) is 25.4 Å². The highest BCUT2D eigenvalue weighted by atomic mass is 16.2. The van der Waals surface area contributed by atoms with Gasteiger partial charge in [-0.25, -0.2) is 0 Å². The largest absolute Gasteiger partial charge is 0.349 e. The van der Waals surface area contributed by atoms with E-state index in [9.17, 15) is 14.4 Å². The fourth-order valence-electron chi connectivity index (χ4n) is 2.05. The highest BCUT2D eigenvalue weighted by Crippen LogP contribution is 2.17. The molecule has 1 atom stereocenters. The minimum absolute atomic E-state index is 0.00303. The Labute approximate surface area is 114 Å². The zero-order valence-electron chi connectivity index (χ0n) is 12.3. The summed E-state index contributed by atoms with van der Waals surface area (Å²) in [5.74, 6) is -0.294. The zero-order valence-corrected chi connectivity index (χ0v) is 12.3. The molecule has 1 rings (SSSR count). The van der Waals surface area contributed by atoms with E-state index < -0.39 is 5.41 Å². The van der Waals surface area contributed by atoms with E-state index in [1.54, 1.807) is 4.90 Å². The van der Waals surface area contributed by atoms with E-state index in [4.69, 9.17) is 0 Å². The molecule has 0 aromatic heterocycles. The van der Waals surface area contributed by atoms with Crippen molar-refractivity contribution in [3.05, 3.63) is 0 Å². The number of Topliss-reactive ketones (excluding diaryl/α,β-unsaturated/α-hetero) is 1. The smallest absolute Gasteiger partial charge is 0.225 e. The number of ketones is 1. The van der Waals surface area contributed by atoms with E-state index in [0.29, 0.717) is 6.54 Å². The van der Waals surface area contributed by atoms with Gasteiger partial charge in [-0.2, -0.15) is 0 Å². The summed E-state index contributed by atoms with van der Waals surface area (Å²) < 4.78 is 0. The fourth-order valence-corrected chi connectivity index (χ4v) is 2.05. The number of amides is 2. The van der Waals surface area contributed by atoms with Crippen LogP contribution in [0.5, 0.6) is 0 Å². The average molecular weight is 268 g/mol. The van der Waals surface area contributed by atoms with Gasteiger partial charge < -0.3 is 10.2 Å². The predicted octanol–water partition coefficient (Wildman–Crippen LogP) is 0.976. The number of hydrogen-bond acceptors (Lipinski definition) is 3. The van der Waals surface area contributed by atoms with Crippen LogP contribution in [-0.4, -0.2) is 42.1 Å². The van der Waals surface area contributed by atoms with E-state index in [2.05, 4.69) is 5.32 Å². The van der Waals surface area contributed by atoms with Crippen molar-refractivity contribution in [2.45, 2.75) is 40.5 Å². The number of carbonyl (C=O) groups excluding carboxylic acids is 3. The Balaban J connectivity index is 2.45. The van der Waals surface area contributed by atoms with Crippen LogP contribution in [0.15, 0.2) is 0 Å². The summed E-state index contributed by atoms with van der Waals surface area (Å²) in [7, 11) is 0. The first kappa shape index (κ1) is 15.7. The molecule has 5 nitrogen and oxygen atoms in total. The van der Waals surface area contributed by atoms with Gasteiger partial charge in [0.2, 0.25) is 11.8 Å². The normalized spacial score (nSPS) is 20.0. The van der Waals surface area contributed by atoms with E-state index >= 15 is 0 Å². The standard InChI is InChI=1S/C14H24N2O3/c1-10(17)16-7-5-6-11(9-16)13(19)15-8-12(18)14(2,3)4/h11H,5-9H2,1-4H3,(H,15,19)/t11-/m1/s1. The summed E-state index contributed by atoms with van der Waals surface area (Å²) in [5, 5.41) is 2.69. The third-order valence-corrected chi connectivity index (χ3v) is 3.50. The predicted molar refractivity (Wildman–Crippen MR) is 72.4 cm³/mol. The first-order valence-electron chi connectivity index (χ1n) is 6.78. The van der Waals surface area contributed by atoms with Gasteiger partial charge in [-0.15, -0.1) is 0 Å². The van der Waals surface area contributed by atoms with Crippen molar-refractivity contribution in [3.63, 3.8) is 0 Å². The quantitative estimate of drug-likeness (QED) is 0.829.